The van der Waals surface area contributed by atoms with Crippen molar-refractivity contribution in [2.24, 2.45) is 5.92 Å². The summed E-state index contributed by atoms with van der Waals surface area (Å²) in [4.78, 5) is 16.2. The number of rotatable bonds is 6. The smallest absolute Gasteiger partial charge is 0.353 e. The summed E-state index contributed by atoms with van der Waals surface area (Å²) in [5.74, 6) is -2.62. The molecule has 1 N–H and O–H groups in total. The number of carboxylic acids is 1. The van der Waals surface area contributed by atoms with E-state index >= 15 is 0 Å². The van der Waals surface area contributed by atoms with Crippen LogP contribution in [0.4, 0.5) is 8.78 Å². The molecule has 2 aromatic heterocycles. The Morgan fingerprint density at radius 1 is 1.31 bits per heavy atom. The van der Waals surface area contributed by atoms with Gasteiger partial charge in [-0.3, -0.25) is 0 Å². The zero-order valence-electron chi connectivity index (χ0n) is 14.4. The average molecular weight is 376 g/mol. The van der Waals surface area contributed by atoms with Gasteiger partial charge in [-0.1, -0.05) is 19.9 Å². The second-order valence-electron chi connectivity index (χ2n) is 6.49. The molecular formula is C19H18F2N2O2S. The van der Waals surface area contributed by atoms with Gasteiger partial charge in [0.25, 0.3) is 0 Å². The van der Waals surface area contributed by atoms with E-state index in [2.05, 4.69) is 18.8 Å². The molecule has 3 rings (SSSR count). The third kappa shape index (κ3) is 3.67. The van der Waals surface area contributed by atoms with Crippen LogP contribution in [0.3, 0.4) is 0 Å². The third-order valence-electron chi connectivity index (χ3n) is 3.97. The van der Waals surface area contributed by atoms with Gasteiger partial charge in [0.05, 0.1) is 0 Å². The fourth-order valence-corrected chi connectivity index (χ4v) is 3.70. The maximum absolute atomic E-state index is 13.5. The van der Waals surface area contributed by atoms with Gasteiger partial charge in [-0.2, -0.15) is 0 Å². The van der Waals surface area contributed by atoms with E-state index in [-0.39, 0.29) is 12.2 Å². The summed E-state index contributed by atoms with van der Waals surface area (Å²) in [6.45, 7) is 4.24. The molecular weight excluding hydrogens is 358 g/mol. The summed E-state index contributed by atoms with van der Waals surface area (Å²) in [5, 5.41) is 12.2. The normalized spacial score (nSPS) is 11.3. The molecule has 1 aromatic carbocycles. The first-order valence-corrected chi connectivity index (χ1v) is 9.04. The first-order chi connectivity index (χ1) is 12.4. The predicted molar refractivity (Wildman–Crippen MR) is 96.5 cm³/mol. The van der Waals surface area contributed by atoms with Crippen molar-refractivity contribution >= 4 is 17.3 Å². The van der Waals surface area contributed by atoms with Crippen LogP contribution in [-0.4, -0.2) is 20.6 Å². The SMILES string of the molecule is CC(C)Cc1cn(Cc2ccc(F)c(F)c2)c(C(=O)O)c1-c1nccs1. The van der Waals surface area contributed by atoms with Crippen molar-refractivity contribution in [2.45, 2.75) is 26.8 Å². The van der Waals surface area contributed by atoms with Gasteiger partial charge in [-0.15, -0.1) is 11.3 Å². The van der Waals surface area contributed by atoms with Gasteiger partial charge in [-0.05, 0) is 35.6 Å². The van der Waals surface area contributed by atoms with Crippen LogP contribution < -0.4 is 0 Å². The van der Waals surface area contributed by atoms with E-state index in [0.29, 0.717) is 28.5 Å². The minimum atomic E-state index is -1.08. The van der Waals surface area contributed by atoms with Gasteiger partial charge in [0, 0.05) is 29.9 Å². The number of aromatic carboxylic acids is 1. The van der Waals surface area contributed by atoms with Crippen LogP contribution in [-0.2, 0) is 13.0 Å². The summed E-state index contributed by atoms with van der Waals surface area (Å²) in [6, 6.07) is 3.59. The average Bonchev–Trinajstić information content (AvgIpc) is 3.18. The van der Waals surface area contributed by atoms with E-state index in [1.54, 1.807) is 22.3 Å². The number of carboxylic acid groups (broad SMARTS) is 1. The zero-order valence-corrected chi connectivity index (χ0v) is 15.2. The number of thiazole rings is 1. The maximum Gasteiger partial charge on any atom is 0.353 e. The van der Waals surface area contributed by atoms with Crippen molar-refractivity contribution in [1.29, 1.82) is 0 Å². The number of carbonyl (C=O) groups is 1. The van der Waals surface area contributed by atoms with Crippen LogP contribution in [0, 0.1) is 17.6 Å². The lowest BCUT2D eigenvalue weighted by atomic mass is 10.0. The number of hydrogen-bond donors (Lipinski definition) is 1. The van der Waals surface area contributed by atoms with Crippen LogP contribution in [0.2, 0.25) is 0 Å². The Balaban J connectivity index is 2.12. The molecule has 4 nitrogen and oxygen atoms in total. The standard InChI is InChI=1S/C19H18F2N2O2S/c1-11(2)7-13-10-23(9-12-3-4-14(20)15(21)8-12)17(19(24)25)16(13)18-22-5-6-26-18/h3-6,8,10-11H,7,9H2,1-2H3,(H,24,25). The van der Waals surface area contributed by atoms with E-state index in [1.807, 2.05) is 0 Å². The first-order valence-electron chi connectivity index (χ1n) is 8.16. The highest BCUT2D eigenvalue weighted by molar-refractivity contribution is 7.13. The molecule has 0 radical (unpaired) electrons. The van der Waals surface area contributed by atoms with Crippen molar-refractivity contribution in [3.05, 3.63) is 64.4 Å². The van der Waals surface area contributed by atoms with E-state index in [0.717, 1.165) is 17.7 Å². The van der Waals surface area contributed by atoms with Crippen molar-refractivity contribution < 1.29 is 18.7 Å². The molecule has 3 aromatic rings. The Bertz CT molecular complexity index is 933. The minimum absolute atomic E-state index is 0.111. The molecule has 0 bridgehead atoms. The number of halogens is 2. The minimum Gasteiger partial charge on any atom is -0.477 e. The van der Waals surface area contributed by atoms with Crippen molar-refractivity contribution in [2.75, 3.05) is 0 Å². The molecule has 0 fully saturated rings. The Kier molecular flexibility index (Phi) is 5.18. The lowest BCUT2D eigenvalue weighted by Crippen LogP contribution is -2.10. The van der Waals surface area contributed by atoms with Crippen LogP contribution in [0.15, 0.2) is 36.0 Å². The van der Waals surface area contributed by atoms with E-state index < -0.39 is 17.6 Å². The Labute approximate surface area is 153 Å². The van der Waals surface area contributed by atoms with Gasteiger partial charge in [0.1, 0.15) is 10.7 Å². The Morgan fingerprint density at radius 3 is 2.65 bits per heavy atom. The van der Waals surface area contributed by atoms with Crippen LogP contribution in [0.1, 0.15) is 35.5 Å². The molecule has 2 heterocycles. The lowest BCUT2D eigenvalue weighted by Gasteiger charge is -2.08. The third-order valence-corrected chi connectivity index (χ3v) is 4.76. The van der Waals surface area contributed by atoms with Crippen molar-refractivity contribution in [1.82, 2.24) is 9.55 Å². The monoisotopic (exact) mass is 376 g/mol. The Morgan fingerprint density at radius 2 is 2.08 bits per heavy atom. The lowest BCUT2D eigenvalue weighted by molar-refractivity contribution is 0.0686. The Hall–Kier alpha value is -2.54. The summed E-state index contributed by atoms with van der Waals surface area (Å²) < 4.78 is 28.2. The fraction of sp³-hybridized carbons (Fsp3) is 0.263. The second-order valence-corrected chi connectivity index (χ2v) is 7.39. The van der Waals surface area contributed by atoms with Gasteiger partial charge in [-0.25, -0.2) is 18.6 Å². The summed E-state index contributed by atoms with van der Waals surface area (Å²) in [6.07, 6.45) is 4.11. The molecule has 0 atom stereocenters. The fourth-order valence-electron chi connectivity index (χ4n) is 2.98. The molecule has 0 spiro atoms. The number of hydrogen-bond acceptors (Lipinski definition) is 3. The highest BCUT2D eigenvalue weighted by Gasteiger charge is 2.24. The molecule has 26 heavy (non-hydrogen) atoms. The molecule has 136 valence electrons. The summed E-state index contributed by atoms with van der Waals surface area (Å²) in [5.41, 5.74) is 2.09. The molecule has 0 saturated carbocycles. The molecule has 7 heteroatoms. The maximum atomic E-state index is 13.5. The highest BCUT2D eigenvalue weighted by atomic mass is 32.1. The van der Waals surface area contributed by atoms with Crippen molar-refractivity contribution in [3.63, 3.8) is 0 Å². The van der Waals surface area contributed by atoms with Crippen LogP contribution >= 0.6 is 11.3 Å². The highest BCUT2D eigenvalue weighted by Crippen LogP contribution is 2.33. The quantitative estimate of drug-likeness (QED) is 0.670. The second kappa shape index (κ2) is 7.37. The first kappa shape index (κ1) is 18.3. The van der Waals surface area contributed by atoms with Crippen molar-refractivity contribution in [3.8, 4) is 10.6 Å². The predicted octanol–water partition coefficient (Wildman–Crippen LogP) is 4.83. The molecule has 0 saturated heterocycles. The van der Waals surface area contributed by atoms with Crippen LogP contribution in [0.25, 0.3) is 10.6 Å². The van der Waals surface area contributed by atoms with Gasteiger partial charge in [0.15, 0.2) is 11.6 Å². The van der Waals surface area contributed by atoms with E-state index in [9.17, 15) is 18.7 Å². The molecule has 0 aliphatic rings. The molecule has 0 aliphatic heterocycles. The topological polar surface area (TPSA) is 55.1 Å². The number of benzene rings is 1. The molecule has 0 unspecified atom stereocenters. The summed E-state index contributed by atoms with van der Waals surface area (Å²) in [7, 11) is 0. The van der Waals surface area contributed by atoms with Gasteiger partial charge < -0.3 is 9.67 Å². The molecule has 0 amide bonds. The largest absolute Gasteiger partial charge is 0.477 e. The summed E-state index contributed by atoms with van der Waals surface area (Å²) >= 11 is 1.38. The van der Waals surface area contributed by atoms with E-state index in [4.69, 9.17) is 0 Å². The number of aromatic nitrogens is 2. The van der Waals surface area contributed by atoms with Gasteiger partial charge in [0.2, 0.25) is 0 Å². The van der Waals surface area contributed by atoms with Crippen LogP contribution in [0.5, 0.6) is 0 Å². The number of nitrogens with zero attached hydrogens (tertiary/aromatic N) is 2. The zero-order chi connectivity index (χ0) is 18.8. The van der Waals surface area contributed by atoms with Gasteiger partial charge >= 0.3 is 5.97 Å². The van der Waals surface area contributed by atoms with E-state index in [1.165, 1.54) is 17.4 Å². The molecule has 0 aliphatic carbocycles.